The van der Waals surface area contributed by atoms with E-state index in [1.54, 1.807) is 6.08 Å². The third-order valence-electron chi connectivity index (χ3n) is 3.50. The van der Waals surface area contributed by atoms with Crippen LogP contribution in [-0.4, -0.2) is 23.3 Å². The van der Waals surface area contributed by atoms with Crippen LogP contribution in [0.25, 0.3) is 0 Å². The SMILES string of the molecule is O=C1O[C@@H]2C=C[C@H](O)[C@@H]3CC=C[C@H]1[C@@H]32. The van der Waals surface area contributed by atoms with Gasteiger partial charge in [0.2, 0.25) is 0 Å². The Kier molecular flexibility index (Phi) is 1.59. The fourth-order valence-corrected chi connectivity index (χ4v) is 2.81. The van der Waals surface area contributed by atoms with E-state index in [2.05, 4.69) is 0 Å². The van der Waals surface area contributed by atoms with Crippen molar-refractivity contribution in [2.75, 3.05) is 0 Å². The third kappa shape index (κ3) is 0.932. The molecule has 1 N–H and O–H groups in total. The second-order valence-electron chi connectivity index (χ2n) is 4.21. The normalized spacial score (nSPS) is 48.9. The quantitative estimate of drug-likeness (QED) is 0.453. The van der Waals surface area contributed by atoms with Crippen LogP contribution in [0, 0.1) is 17.8 Å². The lowest BCUT2D eigenvalue weighted by Gasteiger charge is -2.35. The van der Waals surface area contributed by atoms with Crippen molar-refractivity contribution in [2.24, 2.45) is 17.8 Å². The first kappa shape index (κ1) is 8.24. The van der Waals surface area contributed by atoms with Gasteiger partial charge >= 0.3 is 5.97 Å². The standard InChI is InChI=1S/C11H12O3/c12-8-4-5-9-10-6(8)2-1-3-7(10)11(13)14-9/h1,3-10,12H,2H2/t6-,7-,8-,9+,10+/m0/s1. The first-order valence-corrected chi connectivity index (χ1v) is 5.01. The highest BCUT2D eigenvalue weighted by Crippen LogP contribution is 2.44. The van der Waals surface area contributed by atoms with Crippen LogP contribution in [0.5, 0.6) is 0 Å². The molecule has 3 rings (SSSR count). The number of allylic oxidation sites excluding steroid dienone is 1. The molecule has 74 valence electrons. The molecule has 1 heterocycles. The summed E-state index contributed by atoms with van der Waals surface area (Å²) < 4.78 is 5.24. The van der Waals surface area contributed by atoms with Crippen LogP contribution in [0.15, 0.2) is 24.3 Å². The van der Waals surface area contributed by atoms with Gasteiger partial charge in [-0.2, -0.15) is 0 Å². The highest BCUT2D eigenvalue weighted by molar-refractivity contribution is 5.78. The molecule has 1 fully saturated rings. The Labute approximate surface area is 82.1 Å². The molecule has 14 heavy (non-hydrogen) atoms. The largest absolute Gasteiger partial charge is 0.457 e. The van der Waals surface area contributed by atoms with Gasteiger partial charge in [-0.25, -0.2) is 0 Å². The second-order valence-corrected chi connectivity index (χ2v) is 4.21. The van der Waals surface area contributed by atoms with Gasteiger partial charge < -0.3 is 9.84 Å². The first-order valence-electron chi connectivity index (χ1n) is 5.01. The molecule has 1 aliphatic heterocycles. The van der Waals surface area contributed by atoms with E-state index >= 15 is 0 Å². The van der Waals surface area contributed by atoms with Crippen LogP contribution >= 0.6 is 0 Å². The van der Waals surface area contributed by atoms with Crippen molar-refractivity contribution in [3.8, 4) is 0 Å². The molecule has 1 saturated heterocycles. The molecular formula is C11H12O3. The zero-order chi connectivity index (χ0) is 9.71. The number of aliphatic hydroxyl groups excluding tert-OH is 1. The van der Waals surface area contributed by atoms with E-state index in [0.717, 1.165) is 6.42 Å². The van der Waals surface area contributed by atoms with Crippen LogP contribution in [0.3, 0.4) is 0 Å². The minimum atomic E-state index is -0.418. The number of aliphatic hydroxyl groups is 1. The van der Waals surface area contributed by atoms with Crippen molar-refractivity contribution in [1.29, 1.82) is 0 Å². The van der Waals surface area contributed by atoms with E-state index in [-0.39, 0.29) is 29.8 Å². The third-order valence-corrected chi connectivity index (χ3v) is 3.50. The smallest absolute Gasteiger partial charge is 0.313 e. The van der Waals surface area contributed by atoms with E-state index in [0.29, 0.717) is 0 Å². The molecule has 3 aliphatic rings. The van der Waals surface area contributed by atoms with E-state index in [1.807, 2.05) is 18.2 Å². The zero-order valence-corrected chi connectivity index (χ0v) is 7.67. The maximum atomic E-state index is 11.5. The molecular weight excluding hydrogens is 180 g/mol. The fraction of sp³-hybridized carbons (Fsp3) is 0.545. The summed E-state index contributed by atoms with van der Waals surface area (Å²) in [4.78, 5) is 11.5. The van der Waals surface area contributed by atoms with Crippen LogP contribution < -0.4 is 0 Å². The van der Waals surface area contributed by atoms with Gasteiger partial charge in [-0.1, -0.05) is 18.2 Å². The second kappa shape index (κ2) is 2.70. The molecule has 0 aromatic carbocycles. The van der Waals surface area contributed by atoms with E-state index < -0.39 is 6.10 Å². The van der Waals surface area contributed by atoms with Gasteiger partial charge in [-0.05, 0) is 18.4 Å². The molecule has 0 spiro atoms. The predicted molar refractivity (Wildman–Crippen MR) is 49.3 cm³/mol. The van der Waals surface area contributed by atoms with Crippen LogP contribution in [-0.2, 0) is 9.53 Å². The topological polar surface area (TPSA) is 46.5 Å². The summed E-state index contributed by atoms with van der Waals surface area (Å²) in [5.74, 6) is 0.0528. The van der Waals surface area contributed by atoms with Crippen LogP contribution in [0.4, 0.5) is 0 Å². The van der Waals surface area contributed by atoms with Crippen molar-refractivity contribution >= 4 is 5.97 Å². The van der Waals surface area contributed by atoms with Gasteiger partial charge in [-0.3, -0.25) is 4.79 Å². The number of carbonyl (C=O) groups is 1. The zero-order valence-electron chi connectivity index (χ0n) is 7.67. The summed E-state index contributed by atoms with van der Waals surface area (Å²) in [5, 5.41) is 9.77. The lowest BCUT2D eigenvalue weighted by molar-refractivity contribution is -0.142. The van der Waals surface area contributed by atoms with Gasteiger partial charge in [0.15, 0.2) is 0 Å². The van der Waals surface area contributed by atoms with Crippen LogP contribution in [0.2, 0.25) is 0 Å². The number of hydrogen-bond acceptors (Lipinski definition) is 3. The minimum Gasteiger partial charge on any atom is -0.457 e. The number of rotatable bonds is 0. The van der Waals surface area contributed by atoms with Crippen molar-refractivity contribution in [3.05, 3.63) is 24.3 Å². The first-order chi connectivity index (χ1) is 6.77. The molecule has 3 nitrogen and oxygen atoms in total. The van der Waals surface area contributed by atoms with Gasteiger partial charge in [0.1, 0.15) is 6.10 Å². The Morgan fingerprint density at radius 1 is 1.36 bits per heavy atom. The van der Waals surface area contributed by atoms with E-state index in [4.69, 9.17) is 4.74 Å². The maximum Gasteiger partial charge on any atom is 0.313 e. The lowest BCUT2D eigenvalue weighted by atomic mass is 9.69. The van der Waals surface area contributed by atoms with Gasteiger partial charge in [0.25, 0.3) is 0 Å². The number of esters is 1. The Bertz CT molecular complexity index is 331. The fourth-order valence-electron chi connectivity index (χ4n) is 2.81. The van der Waals surface area contributed by atoms with Crippen molar-refractivity contribution in [1.82, 2.24) is 0 Å². The summed E-state index contributed by atoms with van der Waals surface area (Å²) in [6.07, 6.45) is 7.81. The molecule has 0 radical (unpaired) electrons. The molecule has 3 heteroatoms. The molecule has 0 aromatic heterocycles. The van der Waals surface area contributed by atoms with Crippen molar-refractivity contribution in [3.63, 3.8) is 0 Å². The van der Waals surface area contributed by atoms with E-state index in [9.17, 15) is 9.90 Å². The number of carbonyl (C=O) groups excluding carboxylic acids is 1. The van der Waals surface area contributed by atoms with Crippen molar-refractivity contribution in [2.45, 2.75) is 18.6 Å². The minimum absolute atomic E-state index is 0.106. The Hall–Kier alpha value is -1.09. The molecule has 0 bridgehead atoms. The molecule has 0 aromatic rings. The molecule has 0 unspecified atom stereocenters. The number of ether oxygens (including phenoxy) is 1. The van der Waals surface area contributed by atoms with Crippen LogP contribution in [0.1, 0.15) is 6.42 Å². The summed E-state index contributed by atoms with van der Waals surface area (Å²) in [6, 6.07) is 0. The lowest BCUT2D eigenvalue weighted by Crippen LogP contribution is -2.39. The summed E-state index contributed by atoms with van der Waals surface area (Å²) in [7, 11) is 0. The Morgan fingerprint density at radius 3 is 3.07 bits per heavy atom. The highest BCUT2D eigenvalue weighted by Gasteiger charge is 2.50. The average Bonchev–Trinajstić information content (AvgIpc) is 2.52. The molecule has 5 atom stereocenters. The summed E-state index contributed by atoms with van der Waals surface area (Å²) in [5.41, 5.74) is 0. The van der Waals surface area contributed by atoms with Gasteiger partial charge in [0, 0.05) is 5.92 Å². The maximum absolute atomic E-state index is 11.5. The monoisotopic (exact) mass is 192 g/mol. The van der Waals surface area contributed by atoms with E-state index in [1.165, 1.54) is 0 Å². The summed E-state index contributed by atoms with van der Waals surface area (Å²) in [6.45, 7) is 0. The highest BCUT2D eigenvalue weighted by atomic mass is 16.6. The Balaban J connectivity index is 2.04. The summed E-state index contributed by atoms with van der Waals surface area (Å²) >= 11 is 0. The van der Waals surface area contributed by atoms with Gasteiger partial charge in [0.05, 0.1) is 12.0 Å². The number of hydrogen-bond donors (Lipinski definition) is 1. The predicted octanol–water partition coefficient (Wildman–Crippen LogP) is 0.651. The average molecular weight is 192 g/mol. The van der Waals surface area contributed by atoms with Gasteiger partial charge in [-0.15, -0.1) is 0 Å². The molecule has 0 amide bonds. The Morgan fingerprint density at radius 2 is 2.21 bits per heavy atom. The van der Waals surface area contributed by atoms with Crippen molar-refractivity contribution < 1.29 is 14.6 Å². The molecule has 2 aliphatic carbocycles. The molecule has 0 saturated carbocycles.